The Morgan fingerprint density at radius 3 is 2.61 bits per heavy atom. The maximum absolute atomic E-state index is 12.0. The predicted molar refractivity (Wildman–Crippen MR) is 70.4 cm³/mol. The molecule has 106 valence electrons. The van der Waals surface area contributed by atoms with E-state index in [1.54, 1.807) is 18.7 Å². The third-order valence-corrected chi connectivity index (χ3v) is 3.68. The summed E-state index contributed by atoms with van der Waals surface area (Å²) >= 11 is 0. The first-order valence-electron chi connectivity index (χ1n) is 6.12. The Morgan fingerprint density at radius 2 is 2.11 bits per heavy atom. The lowest BCUT2D eigenvalue weighted by atomic mass is 9.96. The van der Waals surface area contributed by atoms with E-state index >= 15 is 0 Å². The van der Waals surface area contributed by atoms with Crippen LogP contribution in [0.2, 0.25) is 0 Å². The van der Waals surface area contributed by atoms with Gasteiger partial charge in [0.1, 0.15) is 0 Å². The quantitative estimate of drug-likeness (QED) is 0.725. The van der Waals surface area contributed by atoms with E-state index in [1.807, 2.05) is 0 Å². The van der Waals surface area contributed by atoms with Gasteiger partial charge in [0, 0.05) is 19.6 Å². The maximum atomic E-state index is 12.0. The van der Waals surface area contributed by atoms with Crippen LogP contribution in [0.3, 0.4) is 0 Å². The molecule has 0 saturated carbocycles. The van der Waals surface area contributed by atoms with E-state index in [2.05, 4.69) is 4.72 Å². The molecule has 1 rings (SSSR count). The minimum absolute atomic E-state index is 0.0773. The lowest BCUT2D eigenvalue weighted by Crippen LogP contribution is -2.54. The van der Waals surface area contributed by atoms with Crippen LogP contribution in [0.4, 0.5) is 0 Å². The predicted octanol–water partition coefficient (Wildman–Crippen LogP) is -0.488. The Bertz CT molecular complexity index is 400. The smallest absolute Gasteiger partial charge is 0.242 e. The van der Waals surface area contributed by atoms with Crippen LogP contribution in [0.15, 0.2) is 0 Å². The second-order valence-corrected chi connectivity index (χ2v) is 7.43. The van der Waals surface area contributed by atoms with Gasteiger partial charge in [0.05, 0.1) is 11.8 Å². The van der Waals surface area contributed by atoms with Crippen LogP contribution in [-0.2, 0) is 14.8 Å². The van der Waals surface area contributed by atoms with Crippen molar-refractivity contribution in [2.24, 2.45) is 11.7 Å². The number of carbonyl (C=O) groups excluding carboxylic acids is 1. The minimum atomic E-state index is -3.17. The highest BCUT2D eigenvalue weighted by Crippen LogP contribution is 2.18. The number of piperidine rings is 1. The number of hydrogen-bond donors (Lipinski definition) is 2. The van der Waals surface area contributed by atoms with E-state index in [0.717, 1.165) is 19.1 Å². The van der Waals surface area contributed by atoms with Gasteiger partial charge in [-0.3, -0.25) is 4.79 Å². The van der Waals surface area contributed by atoms with E-state index in [0.29, 0.717) is 19.6 Å². The van der Waals surface area contributed by atoms with Crippen molar-refractivity contribution in [2.75, 3.05) is 25.9 Å². The molecule has 0 aliphatic carbocycles. The first-order chi connectivity index (χ1) is 8.09. The highest BCUT2D eigenvalue weighted by molar-refractivity contribution is 7.88. The molecule has 1 unspecified atom stereocenters. The number of likely N-dealkylation sites (tertiary alicyclic amines) is 1. The fourth-order valence-electron chi connectivity index (χ4n) is 2.09. The molecule has 3 N–H and O–H groups in total. The van der Waals surface area contributed by atoms with Crippen LogP contribution in [0.5, 0.6) is 0 Å². The highest BCUT2D eigenvalue weighted by Gasteiger charge is 2.31. The van der Waals surface area contributed by atoms with Gasteiger partial charge in [0.15, 0.2) is 0 Å². The van der Waals surface area contributed by atoms with Crippen LogP contribution in [0.25, 0.3) is 0 Å². The van der Waals surface area contributed by atoms with Gasteiger partial charge in [0.2, 0.25) is 15.9 Å². The molecule has 1 amide bonds. The van der Waals surface area contributed by atoms with E-state index in [4.69, 9.17) is 5.73 Å². The molecule has 7 heteroatoms. The zero-order valence-electron chi connectivity index (χ0n) is 11.3. The van der Waals surface area contributed by atoms with Crippen molar-refractivity contribution in [2.45, 2.75) is 32.2 Å². The summed E-state index contributed by atoms with van der Waals surface area (Å²) in [7, 11) is -3.17. The van der Waals surface area contributed by atoms with Crippen molar-refractivity contribution in [1.82, 2.24) is 9.62 Å². The Kier molecular flexibility index (Phi) is 4.74. The lowest BCUT2D eigenvalue weighted by Gasteiger charge is -2.36. The summed E-state index contributed by atoms with van der Waals surface area (Å²) in [5, 5.41) is 0. The number of hydrogen-bond acceptors (Lipinski definition) is 4. The average Bonchev–Trinajstić information content (AvgIpc) is 2.23. The van der Waals surface area contributed by atoms with Crippen LogP contribution < -0.4 is 10.5 Å². The number of nitrogens with one attached hydrogen (secondary N) is 1. The topological polar surface area (TPSA) is 92.5 Å². The molecule has 1 fully saturated rings. The van der Waals surface area contributed by atoms with Crippen molar-refractivity contribution >= 4 is 15.9 Å². The molecule has 1 aliphatic rings. The first kappa shape index (κ1) is 15.4. The van der Waals surface area contributed by atoms with Crippen molar-refractivity contribution in [3.05, 3.63) is 0 Å². The highest BCUT2D eigenvalue weighted by atomic mass is 32.2. The Hall–Kier alpha value is -0.660. The van der Waals surface area contributed by atoms with Gasteiger partial charge in [0.25, 0.3) is 0 Å². The molecule has 0 aromatic carbocycles. The molecule has 0 bridgehead atoms. The number of rotatable bonds is 4. The van der Waals surface area contributed by atoms with Crippen molar-refractivity contribution in [3.8, 4) is 0 Å². The maximum Gasteiger partial charge on any atom is 0.242 e. The standard InChI is InChI=1S/C11H23N3O3S/c1-11(2,12)10(15)14-6-4-5-9(8-14)7-13-18(3,16)17/h9,13H,4-8,12H2,1-3H3. The minimum Gasteiger partial charge on any atom is -0.341 e. The second kappa shape index (κ2) is 5.54. The van der Waals surface area contributed by atoms with Gasteiger partial charge in [-0.2, -0.15) is 0 Å². The third kappa shape index (κ3) is 4.91. The van der Waals surface area contributed by atoms with Crippen LogP contribution in [-0.4, -0.2) is 50.7 Å². The second-order valence-electron chi connectivity index (χ2n) is 5.60. The average molecular weight is 277 g/mol. The van der Waals surface area contributed by atoms with Gasteiger partial charge in [-0.15, -0.1) is 0 Å². The molecule has 6 nitrogen and oxygen atoms in total. The van der Waals surface area contributed by atoms with E-state index < -0.39 is 15.6 Å². The zero-order chi connectivity index (χ0) is 14.0. The molecule has 0 aromatic rings. The number of nitrogens with two attached hydrogens (primary N) is 1. The Morgan fingerprint density at radius 1 is 1.50 bits per heavy atom. The molecule has 1 aliphatic heterocycles. The Balaban J connectivity index is 2.54. The third-order valence-electron chi connectivity index (χ3n) is 2.99. The lowest BCUT2D eigenvalue weighted by molar-refractivity contribution is -0.137. The van der Waals surface area contributed by atoms with E-state index in [9.17, 15) is 13.2 Å². The normalized spacial score (nSPS) is 22.0. The van der Waals surface area contributed by atoms with Crippen LogP contribution in [0, 0.1) is 5.92 Å². The summed E-state index contributed by atoms with van der Waals surface area (Å²) in [5.41, 5.74) is 4.93. The van der Waals surface area contributed by atoms with Crippen molar-refractivity contribution in [1.29, 1.82) is 0 Å². The Labute approximate surface area is 109 Å². The molecule has 0 radical (unpaired) electrons. The summed E-state index contributed by atoms with van der Waals surface area (Å²) in [6, 6.07) is 0. The molecule has 1 heterocycles. The summed E-state index contributed by atoms with van der Waals surface area (Å²) in [6.45, 7) is 5.03. The first-order valence-corrected chi connectivity index (χ1v) is 8.01. The molecule has 0 spiro atoms. The van der Waals surface area contributed by atoms with Crippen molar-refractivity contribution in [3.63, 3.8) is 0 Å². The number of carbonyl (C=O) groups is 1. The molecule has 1 atom stereocenters. The molecule has 0 aromatic heterocycles. The van der Waals surface area contributed by atoms with Crippen LogP contribution in [0.1, 0.15) is 26.7 Å². The summed E-state index contributed by atoms with van der Waals surface area (Å²) in [4.78, 5) is 13.8. The van der Waals surface area contributed by atoms with Gasteiger partial charge >= 0.3 is 0 Å². The molecular weight excluding hydrogens is 254 g/mol. The number of amides is 1. The van der Waals surface area contributed by atoms with Gasteiger partial charge in [-0.05, 0) is 32.6 Å². The van der Waals surface area contributed by atoms with Gasteiger partial charge in [-0.25, -0.2) is 13.1 Å². The van der Waals surface area contributed by atoms with E-state index in [1.165, 1.54) is 0 Å². The van der Waals surface area contributed by atoms with Crippen LogP contribution >= 0.6 is 0 Å². The number of sulfonamides is 1. The fraction of sp³-hybridized carbons (Fsp3) is 0.909. The number of nitrogens with zero attached hydrogens (tertiary/aromatic N) is 1. The molecule has 18 heavy (non-hydrogen) atoms. The molecule has 1 saturated heterocycles. The summed E-state index contributed by atoms with van der Waals surface area (Å²) in [5.74, 6) is 0.0892. The monoisotopic (exact) mass is 277 g/mol. The summed E-state index contributed by atoms with van der Waals surface area (Å²) in [6.07, 6.45) is 2.96. The SMILES string of the molecule is CC(C)(N)C(=O)N1CCCC(CNS(C)(=O)=O)C1. The largest absolute Gasteiger partial charge is 0.341 e. The van der Waals surface area contributed by atoms with Gasteiger partial charge < -0.3 is 10.6 Å². The summed E-state index contributed by atoms with van der Waals surface area (Å²) < 4.78 is 24.6. The van der Waals surface area contributed by atoms with Gasteiger partial charge in [-0.1, -0.05) is 0 Å². The van der Waals surface area contributed by atoms with Crippen molar-refractivity contribution < 1.29 is 13.2 Å². The zero-order valence-corrected chi connectivity index (χ0v) is 12.1. The molecular formula is C11H23N3O3S. The van der Waals surface area contributed by atoms with E-state index in [-0.39, 0.29) is 11.8 Å². The fourth-order valence-corrected chi connectivity index (χ4v) is 2.63.